The average Bonchev–Trinajstić information content (AvgIpc) is 3.40. The fourth-order valence-corrected chi connectivity index (χ4v) is 4.14. The lowest BCUT2D eigenvalue weighted by Crippen LogP contribution is -2.30. The Balaban J connectivity index is 1.47. The minimum atomic E-state index is 0.350. The first-order chi connectivity index (χ1) is 14.2. The predicted octanol–water partition coefficient (Wildman–Crippen LogP) is 3.42. The van der Waals surface area contributed by atoms with Gasteiger partial charge in [-0.15, -0.1) is 5.10 Å². The average molecular weight is 392 g/mol. The standard InChI is InChI=1S/C21H24N6O2/c1-28-17-5-3-15(4-6-17)23-21-24-20(29-2)19-18(9-12-27(19)25-21)14-8-11-26-16(13-14)7-10-22-26/h7-13,15,17H,3-6H2,1-2H3,(H,23,25). The van der Waals surface area contributed by atoms with E-state index in [1.165, 1.54) is 0 Å². The van der Waals surface area contributed by atoms with Crippen LogP contribution < -0.4 is 10.1 Å². The van der Waals surface area contributed by atoms with Gasteiger partial charge in [0.05, 0.1) is 18.7 Å². The summed E-state index contributed by atoms with van der Waals surface area (Å²) >= 11 is 0. The zero-order chi connectivity index (χ0) is 19.8. The molecule has 8 heteroatoms. The van der Waals surface area contributed by atoms with Gasteiger partial charge in [-0.25, -0.2) is 9.03 Å². The lowest BCUT2D eigenvalue weighted by atomic mass is 9.93. The molecule has 4 aromatic heterocycles. The van der Waals surface area contributed by atoms with E-state index in [-0.39, 0.29) is 0 Å². The molecule has 150 valence electrons. The van der Waals surface area contributed by atoms with E-state index in [9.17, 15) is 0 Å². The predicted molar refractivity (Wildman–Crippen MR) is 110 cm³/mol. The summed E-state index contributed by atoms with van der Waals surface area (Å²) in [6.07, 6.45) is 10.3. The van der Waals surface area contributed by atoms with Crippen molar-refractivity contribution in [1.29, 1.82) is 0 Å². The van der Waals surface area contributed by atoms with Crippen molar-refractivity contribution in [1.82, 2.24) is 24.2 Å². The highest BCUT2D eigenvalue weighted by Gasteiger charge is 2.22. The Morgan fingerprint density at radius 1 is 1.03 bits per heavy atom. The van der Waals surface area contributed by atoms with Crippen molar-refractivity contribution >= 4 is 17.0 Å². The Bertz CT molecular complexity index is 1140. The van der Waals surface area contributed by atoms with Crippen LogP contribution in [0.1, 0.15) is 25.7 Å². The Hall–Kier alpha value is -3.13. The van der Waals surface area contributed by atoms with Crippen LogP contribution in [0.15, 0.2) is 42.9 Å². The third kappa shape index (κ3) is 3.29. The Morgan fingerprint density at radius 2 is 1.86 bits per heavy atom. The third-order valence-corrected chi connectivity index (χ3v) is 5.72. The molecule has 1 aliphatic rings. The molecule has 1 N–H and O–H groups in total. The van der Waals surface area contributed by atoms with Crippen LogP contribution in [0.2, 0.25) is 0 Å². The fraction of sp³-hybridized carbons (Fsp3) is 0.381. The van der Waals surface area contributed by atoms with Crippen LogP contribution in [0.4, 0.5) is 5.95 Å². The van der Waals surface area contributed by atoms with Gasteiger partial charge in [0.25, 0.3) is 0 Å². The van der Waals surface area contributed by atoms with E-state index >= 15 is 0 Å². The molecule has 4 heterocycles. The molecule has 29 heavy (non-hydrogen) atoms. The van der Waals surface area contributed by atoms with Crippen molar-refractivity contribution in [3.63, 3.8) is 0 Å². The molecular formula is C21H24N6O2. The van der Waals surface area contributed by atoms with Gasteiger partial charge in [-0.05, 0) is 55.5 Å². The smallest absolute Gasteiger partial charge is 0.244 e. The lowest BCUT2D eigenvalue weighted by Gasteiger charge is -2.28. The van der Waals surface area contributed by atoms with Crippen LogP contribution in [0.3, 0.4) is 0 Å². The summed E-state index contributed by atoms with van der Waals surface area (Å²) in [7, 11) is 3.43. The highest BCUT2D eigenvalue weighted by Crippen LogP contribution is 2.32. The van der Waals surface area contributed by atoms with Crippen LogP contribution in [-0.4, -0.2) is 50.6 Å². The summed E-state index contributed by atoms with van der Waals surface area (Å²) in [6.45, 7) is 0. The first-order valence-corrected chi connectivity index (χ1v) is 9.91. The SMILES string of the molecule is COc1nc(NC2CCC(OC)CC2)nn2ccc(-c3ccn4nccc4c3)c12. The molecule has 0 atom stereocenters. The normalized spacial score (nSPS) is 19.7. The molecule has 0 amide bonds. The van der Waals surface area contributed by atoms with Crippen LogP contribution in [0, 0.1) is 0 Å². The highest BCUT2D eigenvalue weighted by atomic mass is 16.5. The second kappa shape index (κ2) is 7.36. The zero-order valence-corrected chi connectivity index (χ0v) is 16.6. The van der Waals surface area contributed by atoms with Gasteiger partial charge in [0.2, 0.25) is 11.8 Å². The van der Waals surface area contributed by atoms with Crippen molar-refractivity contribution < 1.29 is 9.47 Å². The number of rotatable bonds is 5. The van der Waals surface area contributed by atoms with Gasteiger partial charge in [0, 0.05) is 37.3 Å². The second-order valence-electron chi connectivity index (χ2n) is 7.44. The number of fused-ring (bicyclic) bond motifs is 2. The molecule has 4 aromatic rings. The Labute approximate surface area is 168 Å². The number of aromatic nitrogens is 5. The van der Waals surface area contributed by atoms with Crippen molar-refractivity contribution in [2.75, 3.05) is 19.5 Å². The van der Waals surface area contributed by atoms with Crippen molar-refractivity contribution in [2.24, 2.45) is 0 Å². The molecule has 0 aromatic carbocycles. The number of pyridine rings is 1. The van der Waals surface area contributed by atoms with E-state index in [2.05, 4.69) is 26.6 Å². The molecule has 0 radical (unpaired) electrons. The molecule has 5 rings (SSSR count). The summed E-state index contributed by atoms with van der Waals surface area (Å²) in [5.74, 6) is 1.14. The molecule has 0 saturated heterocycles. The number of nitrogens with zero attached hydrogens (tertiary/aromatic N) is 5. The number of hydrogen-bond donors (Lipinski definition) is 1. The van der Waals surface area contributed by atoms with Gasteiger partial charge < -0.3 is 14.8 Å². The summed E-state index contributed by atoms with van der Waals surface area (Å²) in [5.41, 5.74) is 3.98. The summed E-state index contributed by atoms with van der Waals surface area (Å²) in [5, 5.41) is 12.4. The second-order valence-corrected chi connectivity index (χ2v) is 7.44. The zero-order valence-electron chi connectivity index (χ0n) is 16.6. The molecule has 0 unspecified atom stereocenters. The topological polar surface area (TPSA) is 78.0 Å². The van der Waals surface area contributed by atoms with E-state index in [1.54, 1.807) is 20.4 Å². The van der Waals surface area contributed by atoms with Crippen LogP contribution in [0.25, 0.3) is 22.2 Å². The quantitative estimate of drug-likeness (QED) is 0.561. The number of anilines is 1. The number of nitrogens with one attached hydrogen (secondary N) is 1. The maximum Gasteiger partial charge on any atom is 0.244 e. The lowest BCUT2D eigenvalue weighted by molar-refractivity contribution is 0.0681. The number of ether oxygens (including phenoxy) is 2. The van der Waals surface area contributed by atoms with Crippen molar-refractivity contribution in [3.8, 4) is 17.0 Å². The molecule has 0 aliphatic heterocycles. The van der Waals surface area contributed by atoms with Crippen molar-refractivity contribution in [3.05, 3.63) is 42.9 Å². The van der Waals surface area contributed by atoms with Crippen LogP contribution >= 0.6 is 0 Å². The van der Waals surface area contributed by atoms with Gasteiger partial charge in [0.15, 0.2) is 0 Å². The molecule has 1 saturated carbocycles. The first kappa shape index (κ1) is 17.9. The van der Waals surface area contributed by atoms with E-state index in [0.29, 0.717) is 24.0 Å². The molecule has 0 bridgehead atoms. The Morgan fingerprint density at radius 3 is 2.66 bits per heavy atom. The molecule has 1 fully saturated rings. The largest absolute Gasteiger partial charge is 0.479 e. The minimum absolute atomic E-state index is 0.350. The molecule has 0 spiro atoms. The minimum Gasteiger partial charge on any atom is -0.479 e. The van der Waals surface area contributed by atoms with Gasteiger partial charge in [-0.2, -0.15) is 10.1 Å². The van der Waals surface area contributed by atoms with Gasteiger partial charge in [0.1, 0.15) is 5.52 Å². The fourth-order valence-electron chi connectivity index (χ4n) is 4.14. The van der Waals surface area contributed by atoms with Gasteiger partial charge in [-0.1, -0.05) is 0 Å². The van der Waals surface area contributed by atoms with E-state index in [0.717, 1.165) is 47.8 Å². The third-order valence-electron chi connectivity index (χ3n) is 5.72. The molecule has 1 aliphatic carbocycles. The monoisotopic (exact) mass is 392 g/mol. The van der Waals surface area contributed by atoms with E-state index in [1.807, 2.05) is 39.6 Å². The van der Waals surface area contributed by atoms with E-state index in [4.69, 9.17) is 9.47 Å². The van der Waals surface area contributed by atoms with Gasteiger partial charge in [-0.3, -0.25) is 0 Å². The molecule has 8 nitrogen and oxygen atoms in total. The number of hydrogen-bond acceptors (Lipinski definition) is 6. The summed E-state index contributed by atoms with van der Waals surface area (Å²) in [6, 6.07) is 8.51. The maximum absolute atomic E-state index is 5.64. The maximum atomic E-state index is 5.64. The summed E-state index contributed by atoms with van der Waals surface area (Å²) in [4.78, 5) is 4.65. The van der Waals surface area contributed by atoms with Crippen LogP contribution in [-0.2, 0) is 4.74 Å². The van der Waals surface area contributed by atoms with Crippen molar-refractivity contribution in [2.45, 2.75) is 37.8 Å². The number of methoxy groups -OCH3 is 2. The Kier molecular flexibility index (Phi) is 4.55. The van der Waals surface area contributed by atoms with Gasteiger partial charge >= 0.3 is 0 Å². The first-order valence-electron chi connectivity index (χ1n) is 9.91. The molecular weight excluding hydrogens is 368 g/mol. The highest BCUT2D eigenvalue weighted by molar-refractivity contribution is 5.85. The summed E-state index contributed by atoms with van der Waals surface area (Å²) < 4.78 is 14.8. The van der Waals surface area contributed by atoms with Crippen LogP contribution in [0.5, 0.6) is 5.88 Å². The van der Waals surface area contributed by atoms with E-state index < -0.39 is 0 Å².